The van der Waals surface area contributed by atoms with Gasteiger partial charge in [0.1, 0.15) is 28.7 Å². The molecule has 0 aliphatic carbocycles. The number of piperidine rings is 1. The van der Waals surface area contributed by atoms with Gasteiger partial charge >= 0.3 is 5.69 Å². The molecule has 14 heteroatoms. The minimum absolute atomic E-state index is 0.0170. The van der Waals surface area contributed by atoms with Crippen LogP contribution in [0.4, 0.5) is 10.2 Å². The minimum atomic E-state index is -1.08. The number of rotatable bonds is 7. The van der Waals surface area contributed by atoms with E-state index in [1.165, 1.54) is 29.0 Å². The molecule has 4 N–H and O–H groups in total. The van der Waals surface area contributed by atoms with E-state index in [0.717, 1.165) is 10.6 Å². The number of carbonyl (C=O) groups excluding carboxylic acids is 2. The number of halogens is 1. The number of aromatic nitrogens is 6. The Hall–Kier alpha value is -5.66. The Morgan fingerprint density at radius 2 is 1.71 bits per heavy atom. The smallest absolute Gasteiger partial charge is 0.337 e. The predicted octanol–water partition coefficient (Wildman–Crippen LogP) is 3.69. The summed E-state index contributed by atoms with van der Waals surface area (Å²) < 4.78 is 20.1. The first-order valence-corrected chi connectivity index (χ1v) is 15.7. The van der Waals surface area contributed by atoms with Crippen molar-refractivity contribution in [1.29, 1.82) is 0 Å². The van der Waals surface area contributed by atoms with E-state index in [1.807, 2.05) is 23.4 Å². The van der Waals surface area contributed by atoms with Crippen LogP contribution in [0.5, 0.6) is 0 Å². The molecule has 13 nitrogen and oxygen atoms in total. The van der Waals surface area contributed by atoms with E-state index in [1.54, 1.807) is 38.2 Å². The highest BCUT2D eigenvalue weighted by Gasteiger charge is 2.30. The fourth-order valence-electron chi connectivity index (χ4n) is 6.43. The van der Waals surface area contributed by atoms with Crippen molar-refractivity contribution in [3.8, 4) is 28.3 Å². The summed E-state index contributed by atoms with van der Waals surface area (Å²) >= 11 is 0. The maximum atomic E-state index is 16.3. The van der Waals surface area contributed by atoms with E-state index in [0.29, 0.717) is 36.8 Å². The van der Waals surface area contributed by atoms with Crippen LogP contribution >= 0.6 is 0 Å². The fourth-order valence-corrected chi connectivity index (χ4v) is 6.43. The molecular formula is C34H36FN9O4. The molecule has 0 radical (unpaired) electrons. The number of amides is 2. The van der Waals surface area contributed by atoms with E-state index in [4.69, 9.17) is 16.6 Å². The van der Waals surface area contributed by atoms with Gasteiger partial charge in [-0.05, 0) is 57.0 Å². The molecule has 248 valence electrons. The number of likely N-dealkylation sites (tertiary alicyclic amines) is 1. The van der Waals surface area contributed by atoms with Crippen molar-refractivity contribution in [3.05, 3.63) is 87.1 Å². The van der Waals surface area contributed by atoms with Gasteiger partial charge in [0.05, 0.1) is 22.6 Å². The monoisotopic (exact) mass is 653 g/mol. The van der Waals surface area contributed by atoms with Crippen LogP contribution in [0.3, 0.4) is 0 Å². The Morgan fingerprint density at radius 1 is 0.979 bits per heavy atom. The van der Waals surface area contributed by atoms with E-state index in [-0.39, 0.29) is 52.0 Å². The van der Waals surface area contributed by atoms with Crippen molar-refractivity contribution < 1.29 is 14.0 Å². The molecule has 0 bridgehead atoms. The number of nitrogens with two attached hydrogens (primary N) is 2. The van der Waals surface area contributed by atoms with Crippen LogP contribution in [0.1, 0.15) is 63.0 Å². The molecule has 0 spiro atoms. The van der Waals surface area contributed by atoms with Gasteiger partial charge in [0.25, 0.3) is 11.5 Å². The molecule has 1 aliphatic rings. The summed E-state index contributed by atoms with van der Waals surface area (Å²) in [4.78, 5) is 63.0. The van der Waals surface area contributed by atoms with Crippen LogP contribution < -0.4 is 22.7 Å². The highest BCUT2D eigenvalue weighted by molar-refractivity contribution is 6.01. The number of anilines is 1. The van der Waals surface area contributed by atoms with Gasteiger partial charge in [-0.1, -0.05) is 26.0 Å². The molecule has 1 fully saturated rings. The quantitative estimate of drug-likeness (QED) is 0.267. The van der Waals surface area contributed by atoms with Crippen molar-refractivity contribution in [3.63, 3.8) is 0 Å². The third-order valence-corrected chi connectivity index (χ3v) is 8.70. The number of benzene rings is 1. The maximum absolute atomic E-state index is 16.3. The summed E-state index contributed by atoms with van der Waals surface area (Å²) in [5.41, 5.74) is 10.9. The van der Waals surface area contributed by atoms with Gasteiger partial charge in [0.2, 0.25) is 5.91 Å². The average Bonchev–Trinajstić information content (AvgIpc) is 3.45. The lowest BCUT2D eigenvalue weighted by Gasteiger charge is -2.33. The third-order valence-electron chi connectivity index (χ3n) is 8.70. The molecule has 1 saturated heterocycles. The number of fused-ring (bicyclic) bond motifs is 1. The standard InChI is InChI=1S/C34H36FN9O4/c1-18(2)32(46)41-15-11-21(12-16-41)44-24-10-14-39-30(36)26(24)28(40-44)22-9-8-20(17-23(22)35)29-27(31(37)45)33(47)43(25-7-5-6-13-38-25)34(48)42(29)19(3)4/h5-10,13-14,17-19,21H,11-12,15-16H2,1-4H3,(H2,36,39)(H2,37,45). The number of nitrogen functional groups attached to an aromatic ring is 1. The first-order chi connectivity index (χ1) is 22.9. The number of carbonyl (C=O) groups is 2. The topological polar surface area (TPSA) is 177 Å². The van der Waals surface area contributed by atoms with E-state index in [2.05, 4.69) is 9.97 Å². The van der Waals surface area contributed by atoms with Crippen LogP contribution in [0.25, 0.3) is 39.2 Å². The maximum Gasteiger partial charge on any atom is 0.337 e. The van der Waals surface area contributed by atoms with Crippen LogP contribution in [0, 0.1) is 11.7 Å². The molecule has 6 rings (SSSR count). The number of nitrogens with zero attached hydrogens (tertiary/aromatic N) is 7. The Morgan fingerprint density at radius 3 is 2.31 bits per heavy atom. The fraction of sp³-hybridized carbons (Fsp3) is 0.324. The summed E-state index contributed by atoms with van der Waals surface area (Å²) in [7, 11) is 0. The van der Waals surface area contributed by atoms with Gasteiger partial charge in [-0.2, -0.15) is 5.10 Å². The summed E-state index contributed by atoms with van der Waals surface area (Å²) in [5, 5.41) is 5.31. The van der Waals surface area contributed by atoms with Crippen LogP contribution in [0.15, 0.2) is 64.4 Å². The summed E-state index contributed by atoms with van der Waals surface area (Å²) in [6.07, 6.45) is 4.30. The summed E-state index contributed by atoms with van der Waals surface area (Å²) in [5.74, 6) is -1.61. The molecule has 1 aromatic carbocycles. The van der Waals surface area contributed by atoms with Crippen LogP contribution in [-0.4, -0.2) is 58.7 Å². The van der Waals surface area contributed by atoms with Gasteiger partial charge in [0, 0.05) is 48.6 Å². The summed E-state index contributed by atoms with van der Waals surface area (Å²) in [6, 6.07) is 9.97. The van der Waals surface area contributed by atoms with Crippen molar-refractivity contribution in [1.82, 2.24) is 33.8 Å². The van der Waals surface area contributed by atoms with Crippen molar-refractivity contribution in [2.45, 2.75) is 52.6 Å². The lowest BCUT2D eigenvalue weighted by molar-refractivity contribution is -0.135. The van der Waals surface area contributed by atoms with E-state index >= 15 is 4.39 Å². The van der Waals surface area contributed by atoms with Crippen LogP contribution in [0.2, 0.25) is 0 Å². The molecule has 4 aromatic heterocycles. The van der Waals surface area contributed by atoms with E-state index < -0.39 is 34.6 Å². The Kier molecular flexibility index (Phi) is 8.41. The average molecular weight is 654 g/mol. The first-order valence-electron chi connectivity index (χ1n) is 15.7. The van der Waals surface area contributed by atoms with Gasteiger partial charge in [0.15, 0.2) is 0 Å². The zero-order valence-corrected chi connectivity index (χ0v) is 27.1. The molecule has 0 atom stereocenters. The zero-order chi connectivity index (χ0) is 34.4. The van der Waals surface area contributed by atoms with Gasteiger partial charge in [-0.15, -0.1) is 0 Å². The second-order valence-electron chi connectivity index (χ2n) is 12.5. The number of hydrogen-bond donors (Lipinski definition) is 2. The van der Waals surface area contributed by atoms with Gasteiger partial charge in [-0.3, -0.25) is 23.6 Å². The first kappa shape index (κ1) is 32.3. The molecule has 0 unspecified atom stereocenters. The highest BCUT2D eigenvalue weighted by Crippen LogP contribution is 2.37. The Bertz CT molecular complexity index is 2180. The molecule has 5 heterocycles. The molecule has 1 aliphatic heterocycles. The van der Waals surface area contributed by atoms with Crippen molar-refractivity contribution in [2.24, 2.45) is 11.7 Å². The Labute approximate surface area is 274 Å². The lowest BCUT2D eigenvalue weighted by atomic mass is 10.0. The normalized spacial score (nSPS) is 13.9. The largest absolute Gasteiger partial charge is 0.383 e. The minimum Gasteiger partial charge on any atom is -0.383 e. The lowest BCUT2D eigenvalue weighted by Crippen LogP contribution is -2.44. The molecule has 5 aromatic rings. The molecular weight excluding hydrogens is 617 g/mol. The van der Waals surface area contributed by atoms with Gasteiger partial charge < -0.3 is 16.4 Å². The van der Waals surface area contributed by atoms with Crippen molar-refractivity contribution >= 4 is 28.5 Å². The van der Waals surface area contributed by atoms with E-state index in [9.17, 15) is 19.2 Å². The van der Waals surface area contributed by atoms with Gasteiger partial charge in [-0.25, -0.2) is 23.7 Å². The highest BCUT2D eigenvalue weighted by atomic mass is 19.1. The molecule has 48 heavy (non-hydrogen) atoms. The van der Waals surface area contributed by atoms with Crippen LogP contribution in [-0.2, 0) is 4.79 Å². The second kappa shape index (κ2) is 12.5. The Balaban J connectivity index is 1.48. The zero-order valence-electron chi connectivity index (χ0n) is 27.1. The summed E-state index contributed by atoms with van der Waals surface area (Å²) in [6.45, 7) is 8.30. The second-order valence-corrected chi connectivity index (χ2v) is 12.5. The third kappa shape index (κ3) is 5.42. The SMILES string of the molecule is CC(C)C(=O)N1CCC(n2nc(-c3ccc(-c4c(C(N)=O)c(=O)n(-c5ccccn5)c(=O)n4C(C)C)cc3F)c3c(N)nccc32)CC1. The number of hydrogen-bond acceptors (Lipinski definition) is 8. The number of primary amides is 1. The molecule has 2 amide bonds. The molecule has 0 saturated carbocycles. The van der Waals surface area contributed by atoms with Crippen molar-refractivity contribution in [2.75, 3.05) is 18.8 Å². The number of pyridine rings is 2. The predicted molar refractivity (Wildman–Crippen MR) is 179 cm³/mol.